The minimum atomic E-state index is -0.325. The number of nitrogens with one attached hydrogen (secondary N) is 1. The van der Waals surface area contributed by atoms with Crippen molar-refractivity contribution in [1.29, 1.82) is 0 Å². The molecule has 1 aromatic heterocycles. The van der Waals surface area contributed by atoms with Gasteiger partial charge in [-0.25, -0.2) is 9.38 Å². The van der Waals surface area contributed by atoms with Crippen molar-refractivity contribution in [2.24, 2.45) is 4.99 Å². The molecule has 3 rings (SSSR count). The minimum Gasteiger partial charge on any atom is -0.441 e. The number of benzene rings is 1. The number of furan rings is 1. The molecule has 1 fully saturated rings. The molecular formula is C18H18FN3O2S. The molecule has 0 aliphatic carbocycles. The summed E-state index contributed by atoms with van der Waals surface area (Å²) in [5, 5.41) is 3.16. The highest BCUT2D eigenvalue weighted by molar-refractivity contribution is 8.18. The van der Waals surface area contributed by atoms with Gasteiger partial charge in [0.15, 0.2) is 11.1 Å². The maximum atomic E-state index is 12.9. The number of hydrogen-bond acceptors (Lipinski definition) is 5. The summed E-state index contributed by atoms with van der Waals surface area (Å²) in [6.07, 6.45) is 1.69. The normalized spacial score (nSPS) is 17.3. The molecule has 1 saturated heterocycles. The van der Waals surface area contributed by atoms with Crippen LogP contribution < -0.4 is 10.2 Å². The average molecular weight is 359 g/mol. The molecule has 0 atom stereocenters. The van der Waals surface area contributed by atoms with Gasteiger partial charge in [0.2, 0.25) is 0 Å². The van der Waals surface area contributed by atoms with Gasteiger partial charge in [0, 0.05) is 25.2 Å². The zero-order valence-electron chi connectivity index (χ0n) is 14.0. The summed E-state index contributed by atoms with van der Waals surface area (Å²) in [7, 11) is 0. The fraction of sp³-hybridized carbons (Fsp3) is 0.222. The topological polar surface area (TPSA) is 57.8 Å². The molecule has 0 bridgehead atoms. The summed E-state index contributed by atoms with van der Waals surface area (Å²) in [6, 6.07) is 9.50. The van der Waals surface area contributed by atoms with E-state index in [-0.39, 0.29) is 11.7 Å². The minimum absolute atomic E-state index is 0.230. The first kappa shape index (κ1) is 17.3. The van der Waals surface area contributed by atoms with Crippen LogP contribution in [0.5, 0.6) is 0 Å². The van der Waals surface area contributed by atoms with E-state index in [0.29, 0.717) is 21.5 Å². The smallest absolute Gasteiger partial charge is 0.264 e. The molecule has 1 amide bonds. The van der Waals surface area contributed by atoms with Crippen LogP contribution in [-0.4, -0.2) is 24.2 Å². The van der Waals surface area contributed by atoms with Gasteiger partial charge in [0.05, 0.1) is 10.6 Å². The first-order valence-electron chi connectivity index (χ1n) is 7.99. The molecule has 2 heterocycles. The summed E-state index contributed by atoms with van der Waals surface area (Å²) in [5.41, 5.74) is 0.576. The SMILES string of the molecule is CCN(CC)c1ccc(/C=C2\SC(=Nc3ccc(F)cc3)NC2=O)o1. The second kappa shape index (κ2) is 7.57. The van der Waals surface area contributed by atoms with Gasteiger partial charge >= 0.3 is 0 Å². The van der Waals surface area contributed by atoms with Gasteiger partial charge in [-0.3, -0.25) is 4.79 Å². The van der Waals surface area contributed by atoms with Crippen molar-refractivity contribution in [3.63, 3.8) is 0 Å². The van der Waals surface area contributed by atoms with Crippen LogP contribution in [0.25, 0.3) is 6.08 Å². The Balaban J connectivity index is 1.76. The van der Waals surface area contributed by atoms with E-state index in [2.05, 4.69) is 29.1 Å². The van der Waals surface area contributed by atoms with Crippen LogP contribution in [0.4, 0.5) is 16.0 Å². The molecule has 2 aromatic rings. The molecule has 5 nitrogen and oxygen atoms in total. The van der Waals surface area contributed by atoms with E-state index in [9.17, 15) is 9.18 Å². The number of anilines is 1. The van der Waals surface area contributed by atoms with Gasteiger partial charge in [-0.15, -0.1) is 0 Å². The zero-order chi connectivity index (χ0) is 17.8. The summed E-state index contributed by atoms with van der Waals surface area (Å²) in [5.74, 6) is 0.837. The molecule has 0 radical (unpaired) electrons. The van der Waals surface area contributed by atoms with E-state index in [1.165, 1.54) is 23.9 Å². The summed E-state index contributed by atoms with van der Waals surface area (Å²) in [4.78, 5) is 19.0. The number of amidine groups is 1. The van der Waals surface area contributed by atoms with Crippen LogP contribution in [0.3, 0.4) is 0 Å². The number of carbonyl (C=O) groups is 1. The van der Waals surface area contributed by atoms with Gasteiger partial charge in [-0.05, 0) is 55.9 Å². The Morgan fingerprint density at radius 3 is 2.60 bits per heavy atom. The van der Waals surface area contributed by atoms with Crippen LogP contribution in [-0.2, 0) is 4.79 Å². The highest BCUT2D eigenvalue weighted by Crippen LogP contribution is 2.29. The molecule has 0 spiro atoms. The molecule has 130 valence electrons. The lowest BCUT2D eigenvalue weighted by Crippen LogP contribution is -2.20. The third-order valence-corrected chi connectivity index (χ3v) is 4.58. The second-order valence-corrected chi connectivity index (χ2v) is 6.34. The molecule has 1 N–H and O–H groups in total. The number of halogens is 1. The van der Waals surface area contributed by atoms with Crippen molar-refractivity contribution in [2.45, 2.75) is 13.8 Å². The zero-order valence-corrected chi connectivity index (χ0v) is 14.8. The lowest BCUT2D eigenvalue weighted by molar-refractivity contribution is -0.115. The number of nitrogens with zero attached hydrogens (tertiary/aromatic N) is 2. The Labute approximate surface area is 149 Å². The number of amides is 1. The first-order chi connectivity index (χ1) is 12.1. The van der Waals surface area contributed by atoms with Gasteiger partial charge in [-0.1, -0.05) is 0 Å². The predicted octanol–water partition coefficient (Wildman–Crippen LogP) is 4.16. The Morgan fingerprint density at radius 2 is 1.92 bits per heavy atom. The van der Waals surface area contributed by atoms with Crippen molar-refractivity contribution < 1.29 is 13.6 Å². The Bertz CT molecular complexity index is 823. The van der Waals surface area contributed by atoms with Gasteiger partial charge in [-0.2, -0.15) is 0 Å². The Hall–Kier alpha value is -2.54. The van der Waals surface area contributed by atoms with Gasteiger partial charge < -0.3 is 14.6 Å². The fourth-order valence-electron chi connectivity index (χ4n) is 2.37. The van der Waals surface area contributed by atoms with Crippen LogP contribution in [0, 0.1) is 5.82 Å². The monoisotopic (exact) mass is 359 g/mol. The fourth-order valence-corrected chi connectivity index (χ4v) is 3.19. The average Bonchev–Trinajstić information content (AvgIpc) is 3.19. The standard InChI is InChI=1S/C18H18FN3O2S/c1-3-22(4-2)16-10-9-14(24-16)11-15-17(23)21-18(25-15)20-13-7-5-12(19)6-8-13/h5-11H,3-4H2,1-2H3,(H,20,21,23)/b15-11-. The van der Waals surface area contributed by atoms with Crippen LogP contribution >= 0.6 is 11.8 Å². The molecule has 1 aliphatic heterocycles. The van der Waals surface area contributed by atoms with E-state index in [0.717, 1.165) is 19.0 Å². The highest BCUT2D eigenvalue weighted by atomic mass is 32.2. The third kappa shape index (κ3) is 4.11. The second-order valence-electron chi connectivity index (χ2n) is 5.31. The molecule has 0 unspecified atom stereocenters. The van der Waals surface area contributed by atoms with Gasteiger partial charge in [0.1, 0.15) is 11.6 Å². The van der Waals surface area contributed by atoms with E-state index in [1.54, 1.807) is 18.2 Å². The third-order valence-electron chi connectivity index (χ3n) is 3.67. The van der Waals surface area contributed by atoms with Crippen LogP contribution in [0.15, 0.2) is 50.7 Å². The molecule has 1 aromatic carbocycles. The molecular weight excluding hydrogens is 341 g/mol. The van der Waals surface area contributed by atoms with Crippen molar-refractivity contribution in [3.05, 3.63) is 52.9 Å². The molecule has 1 aliphatic rings. The van der Waals surface area contributed by atoms with E-state index < -0.39 is 0 Å². The number of rotatable bonds is 5. The van der Waals surface area contributed by atoms with Crippen molar-refractivity contribution in [3.8, 4) is 0 Å². The van der Waals surface area contributed by atoms with Gasteiger partial charge in [0.25, 0.3) is 5.91 Å². The lowest BCUT2D eigenvalue weighted by atomic mass is 10.3. The first-order valence-corrected chi connectivity index (χ1v) is 8.80. The maximum absolute atomic E-state index is 12.9. The number of carbonyl (C=O) groups excluding carboxylic acids is 1. The van der Waals surface area contributed by atoms with E-state index in [1.807, 2.05) is 12.1 Å². The number of hydrogen-bond donors (Lipinski definition) is 1. The maximum Gasteiger partial charge on any atom is 0.264 e. The van der Waals surface area contributed by atoms with Crippen molar-refractivity contribution in [1.82, 2.24) is 5.32 Å². The molecule has 7 heteroatoms. The predicted molar refractivity (Wildman–Crippen MR) is 99.5 cm³/mol. The summed E-state index contributed by atoms with van der Waals surface area (Å²) in [6.45, 7) is 5.82. The molecule has 0 saturated carbocycles. The molecule has 25 heavy (non-hydrogen) atoms. The number of thioether (sulfide) groups is 1. The number of aliphatic imine (C=N–C) groups is 1. The van der Waals surface area contributed by atoms with Crippen LogP contribution in [0.2, 0.25) is 0 Å². The highest BCUT2D eigenvalue weighted by Gasteiger charge is 2.24. The van der Waals surface area contributed by atoms with E-state index in [4.69, 9.17) is 4.42 Å². The van der Waals surface area contributed by atoms with Crippen LogP contribution in [0.1, 0.15) is 19.6 Å². The van der Waals surface area contributed by atoms with Crippen molar-refractivity contribution >= 4 is 40.5 Å². The quantitative estimate of drug-likeness (QED) is 0.815. The van der Waals surface area contributed by atoms with E-state index >= 15 is 0 Å². The largest absolute Gasteiger partial charge is 0.441 e. The summed E-state index contributed by atoms with van der Waals surface area (Å²) >= 11 is 1.22. The van der Waals surface area contributed by atoms with Crippen molar-refractivity contribution in [2.75, 3.05) is 18.0 Å². The Kier molecular flexibility index (Phi) is 5.23. The Morgan fingerprint density at radius 1 is 1.20 bits per heavy atom. The lowest BCUT2D eigenvalue weighted by Gasteiger charge is -2.16. The summed E-state index contributed by atoms with van der Waals surface area (Å²) < 4.78 is 18.7.